The van der Waals surface area contributed by atoms with Crippen molar-refractivity contribution in [2.45, 2.75) is 91.5 Å². The Labute approximate surface area is 206 Å². The van der Waals surface area contributed by atoms with Gasteiger partial charge in [-0.25, -0.2) is 0 Å². The zero-order valence-electron chi connectivity index (χ0n) is 21.2. The SMILES string of the molecule is CCCCCCCc1c(CC)c(N=Nc2cccc3c2C(=O)N(C(CC)CC)C3=O)c(O)[nH]c1=O. The van der Waals surface area contributed by atoms with E-state index < -0.39 is 0 Å². The predicted octanol–water partition coefficient (Wildman–Crippen LogP) is 6.36. The van der Waals surface area contributed by atoms with E-state index in [1.807, 2.05) is 20.8 Å². The van der Waals surface area contributed by atoms with E-state index in [1.54, 1.807) is 18.2 Å². The molecule has 2 amide bonds. The number of unbranched alkanes of at least 4 members (excludes halogenated alkanes) is 4. The number of pyridine rings is 1. The normalized spacial score (nSPS) is 13.5. The summed E-state index contributed by atoms with van der Waals surface area (Å²) in [6.07, 6.45) is 7.81. The van der Waals surface area contributed by atoms with E-state index in [4.69, 9.17) is 0 Å². The summed E-state index contributed by atoms with van der Waals surface area (Å²) < 4.78 is 0. The van der Waals surface area contributed by atoms with Gasteiger partial charge < -0.3 is 5.11 Å². The van der Waals surface area contributed by atoms with E-state index in [-0.39, 0.29) is 46.2 Å². The van der Waals surface area contributed by atoms with Gasteiger partial charge in [0.05, 0.1) is 16.8 Å². The first-order valence-electron chi connectivity index (χ1n) is 12.8. The lowest BCUT2D eigenvalue weighted by molar-refractivity contribution is 0.0576. The molecule has 8 heteroatoms. The Balaban J connectivity index is 1.96. The molecule has 1 aromatic heterocycles. The molecule has 0 unspecified atom stereocenters. The Morgan fingerprint density at radius 3 is 2.29 bits per heavy atom. The summed E-state index contributed by atoms with van der Waals surface area (Å²) in [5.41, 5.74) is 1.96. The number of imide groups is 1. The van der Waals surface area contributed by atoms with Crippen molar-refractivity contribution in [1.29, 1.82) is 0 Å². The van der Waals surface area contributed by atoms with Crippen LogP contribution in [0.1, 0.15) is 104 Å². The van der Waals surface area contributed by atoms with Crippen LogP contribution in [0.5, 0.6) is 5.88 Å². The topological polar surface area (TPSA) is 115 Å². The summed E-state index contributed by atoms with van der Waals surface area (Å²) in [6, 6.07) is 4.75. The first-order chi connectivity index (χ1) is 16.9. The zero-order valence-corrected chi connectivity index (χ0v) is 21.2. The molecule has 2 N–H and O–H groups in total. The van der Waals surface area contributed by atoms with Crippen LogP contribution in [-0.2, 0) is 12.8 Å². The fraction of sp³-hybridized carbons (Fsp3) is 0.519. The van der Waals surface area contributed by atoms with Gasteiger partial charge in [0.25, 0.3) is 17.4 Å². The van der Waals surface area contributed by atoms with Crippen LogP contribution in [0.3, 0.4) is 0 Å². The van der Waals surface area contributed by atoms with Crippen LogP contribution in [0.15, 0.2) is 33.2 Å². The van der Waals surface area contributed by atoms with Crippen LogP contribution in [0.4, 0.5) is 11.4 Å². The molecule has 1 aromatic carbocycles. The molecule has 0 radical (unpaired) electrons. The molecule has 0 saturated heterocycles. The number of hydrogen-bond donors (Lipinski definition) is 2. The Bertz CT molecular complexity index is 1160. The molecule has 0 bridgehead atoms. The number of nitrogens with one attached hydrogen (secondary N) is 1. The number of H-pyrrole nitrogens is 1. The van der Waals surface area contributed by atoms with Gasteiger partial charge >= 0.3 is 0 Å². The molecule has 0 aliphatic carbocycles. The molecule has 0 saturated carbocycles. The minimum Gasteiger partial charge on any atom is -0.493 e. The van der Waals surface area contributed by atoms with Gasteiger partial charge in [-0.1, -0.05) is 59.4 Å². The number of benzene rings is 1. The Morgan fingerprint density at radius 2 is 1.63 bits per heavy atom. The third kappa shape index (κ3) is 5.36. The van der Waals surface area contributed by atoms with Crippen molar-refractivity contribution in [3.8, 4) is 5.88 Å². The minimum absolute atomic E-state index is 0.179. The number of aromatic nitrogens is 1. The highest BCUT2D eigenvalue weighted by Gasteiger charge is 2.40. The van der Waals surface area contributed by atoms with Crippen LogP contribution < -0.4 is 5.56 Å². The van der Waals surface area contributed by atoms with Crippen LogP contribution in [0.25, 0.3) is 0 Å². The van der Waals surface area contributed by atoms with Crippen molar-refractivity contribution in [2.75, 3.05) is 0 Å². The number of nitrogens with zero attached hydrogens (tertiary/aromatic N) is 3. The second-order valence-electron chi connectivity index (χ2n) is 8.98. The summed E-state index contributed by atoms with van der Waals surface area (Å²) in [6.45, 7) is 7.96. The fourth-order valence-electron chi connectivity index (χ4n) is 4.78. The third-order valence-corrected chi connectivity index (χ3v) is 6.75. The summed E-state index contributed by atoms with van der Waals surface area (Å²) in [7, 11) is 0. The maximum Gasteiger partial charge on any atom is 0.264 e. The van der Waals surface area contributed by atoms with E-state index in [0.29, 0.717) is 42.4 Å². The highest BCUT2D eigenvalue weighted by molar-refractivity contribution is 6.23. The number of carbonyl (C=O) groups excluding carboxylic acids is 2. The van der Waals surface area contributed by atoms with Crippen molar-refractivity contribution in [2.24, 2.45) is 10.2 Å². The Kier molecular flexibility index (Phi) is 8.95. The second kappa shape index (κ2) is 11.9. The van der Waals surface area contributed by atoms with Crippen molar-refractivity contribution in [1.82, 2.24) is 9.88 Å². The monoisotopic (exact) mass is 480 g/mol. The summed E-state index contributed by atoms with van der Waals surface area (Å²) in [4.78, 5) is 42.5. The van der Waals surface area contributed by atoms with Crippen LogP contribution >= 0.6 is 0 Å². The molecule has 188 valence electrons. The molecular weight excluding hydrogens is 444 g/mol. The zero-order chi connectivity index (χ0) is 25.5. The van der Waals surface area contributed by atoms with Gasteiger partial charge in [-0.05, 0) is 49.8 Å². The van der Waals surface area contributed by atoms with E-state index in [2.05, 4.69) is 22.1 Å². The number of hydrogen-bond acceptors (Lipinski definition) is 6. The molecular formula is C27H36N4O4. The van der Waals surface area contributed by atoms with Crippen molar-refractivity contribution in [3.63, 3.8) is 0 Å². The molecule has 1 aliphatic rings. The molecule has 0 spiro atoms. The first kappa shape index (κ1) is 26.3. The quantitative estimate of drug-likeness (QED) is 0.209. The number of carbonyl (C=O) groups is 2. The standard InChI is InChI=1S/C27H36N4O4/c1-5-9-10-11-12-14-19-18(8-4)23(25(33)28-24(19)32)30-29-21-16-13-15-20-22(21)27(35)31(26(20)34)17(6-2)7-3/h13,15-17H,5-12,14H2,1-4H3,(H2,28,32,33). The van der Waals surface area contributed by atoms with E-state index in [9.17, 15) is 19.5 Å². The van der Waals surface area contributed by atoms with Crippen LogP contribution in [0, 0.1) is 0 Å². The van der Waals surface area contributed by atoms with Gasteiger partial charge in [0, 0.05) is 11.6 Å². The average Bonchev–Trinajstić information content (AvgIpc) is 3.10. The molecule has 8 nitrogen and oxygen atoms in total. The molecule has 0 fully saturated rings. The van der Waals surface area contributed by atoms with Crippen molar-refractivity contribution < 1.29 is 14.7 Å². The largest absolute Gasteiger partial charge is 0.493 e. The summed E-state index contributed by atoms with van der Waals surface area (Å²) >= 11 is 0. The number of azo groups is 1. The number of rotatable bonds is 12. The fourth-order valence-corrected chi connectivity index (χ4v) is 4.78. The first-order valence-corrected chi connectivity index (χ1v) is 12.8. The summed E-state index contributed by atoms with van der Waals surface area (Å²) in [5, 5.41) is 19.0. The van der Waals surface area contributed by atoms with E-state index >= 15 is 0 Å². The molecule has 0 atom stereocenters. The predicted molar refractivity (Wildman–Crippen MR) is 136 cm³/mol. The highest BCUT2D eigenvalue weighted by atomic mass is 16.3. The lowest BCUT2D eigenvalue weighted by Crippen LogP contribution is -2.39. The molecule has 35 heavy (non-hydrogen) atoms. The Hall–Kier alpha value is -3.29. The number of aromatic hydroxyl groups is 1. The van der Waals surface area contributed by atoms with Gasteiger partial charge in [0.1, 0.15) is 5.69 Å². The lowest BCUT2D eigenvalue weighted by Gasteiger charge is -2.23. The average molecular weight is 481 g/mol. The van der Waals surface area contributed by atoms with Gasteiger partial charge in [-0.15, -0.1) is 10.2 Å². The van der Waals surface area contributed by atoms with Gasteiger partial charge in [-0.3, -0.25) is 24.3 Å². The maximum atomic E-state index is 13.2. The van der Waals surface area contributed by atoms with E-state index in [0.717, 1.165) is 25.7 Å². The van der Waals surface area contributed by atoms with Crippen molar-refractivity contribution >= 4 is 23.2 Å². The number of amides is 2. The highest BCUT2D eigenvalue weighted by Crippen LogP contribution is 2.36. The van der Waals surface area contributed by atoms with Crippen molar-refractivity contribution in [3.05, 3.63) is 50.8 Å². The molecule has 1 aliphatic heterocycles. The van der Waals surface area contributed by atoms with Gasteiger partial charge in [0.15, 0.2) is 0 Å². The Morgan fingerprint density at radius 1 is 0.914 bits per heavy atom. The van der Waals surface area contributed by atoms with Gasteiger partial charge in [-0.2, -0.15) is 0 Å². The van der Waals surface area contributed by atoms with Crippen LogP contribution in [-0.4, -0.2) is 32.8 Å². The second-order valence-corrected chi connectivity index (χ2v) is 8.98. The third-order valence-electron chi connectivity index (χ3n) is 6.75. The molecule has 3 rings (SSSR count). The minimum atomic E-state index is -0.373. The summed E-state index contributed by atoms with van der Waals surface area (Å²) in [5.74, 6) is -1.04. The smallest absolute Gasteiger partial charge is 0.264 e. The molecule has 2 aromatic rings. The molecule has 2 heterocycles. The number of fused-ring (bicyclic) bond motifs is 1. The van der Waals surface area contributed by atoms with Gasteiger partial charge in [0.2, 0.25) is 5.88 Å². The lowest BCUT2D eigenvalue weighted by atomic mass is 9.99. The maximum absolute atomic E-state index is 13.2. The number of aromatic amines is 1. The van der Waals surface area contributed by atoms with E-state index in [1.165, 1.54) is 11.3 Å². The van der Waals surface area contributed by atoms with Crippen LogP contribution in [0.2, 0.25) is 0 Å².